The lowest BCUT2D eigenvalue weighted by atomic mass is 9.96. The number of nitrogens with zero attached hydrogens (tertiary/aromatic N) is 2. The zero-order valence-corrected chi connectivity index (χ0v) is 12.9. The molecule has 0 bridgehead atoms. The van der Waals surface area contributed by atoms with Crippen LogP contribution < -0.4 is 0 Å². The first-order valence-electron chi connectivity index (χ1n) is 7.78. The molecule has 0 spiro atoms. The monoisotopic (exact) mass is 296 g/mol. The molecule has 6 heteroatoms. The molecule has 0 saturated heterocycles. The molecule has 4 atom stereocenters. The van der Waals surface area contributed by atoms with Crippen LogP contribution in [0.3, 0.4) is 0 Å². The summed E-state index contributed by atoms with van der Waals surface area (Å²) in [5.74, 6) is 0.0288. The van der Waals surface area contributed by atoms with Crippen molar-refractivity contribution in [1.29, 1.82) is 0 Å². The average Bonchev–Trinajstić information content (AvgIpc) is 3.10. The second-order valence-corrected chi connectivity index (χ2v) is 5.64. The lowest BCUT2D eigenvalue weighted by molar-refractivity contribution is -0.142. The van der Waals surface area contributed by atoms with Gasteiger partial charge in [0.25, 0.3) is 0 Å². The highest BCUT2D eigenvalue weighted by Crippen LogP contribution is 2.44. The van der Waals surface area contributed by atoms with E-state index in [4.69, 9.17) is 9.26 Å². The minimum atomic E-state index is -0.771. The Morgan fingerprint density at radius 3 is 2.76 bits per heavy atom. The summed E-state index contributed by atoms with van der Waals surface area (Å²) < 4.78 is 10.9. The van der Waals surface area contributed by atoms with Gasteiger partial charge in [-0.15, -0.1) is 0 Å². The first kappa shape index (κ1) is 15.9. The molecular formula is C15H24N2O4. The van der Waals surface area contributed by atoms with E-state index in [2.05, 4.69) is 17.1 Å². The van der Waals surface area contributed by atoms with Crippen molar-refractivity contribution in [2.45, 2.75) is 58.5 Å². The summed E-state index contributed by atoms with van der Waals surface area (Å²) in [6.07, 6.45) is 3.06. The van der Waals surface area contributed by atoms with Crippen molar-refractivity contribution in [2.24, 2.45) is 11.8 Å². The van der Waals surface area contributed by atoms with E-state index in [1.807, 2.05) is 13.8 Å². The smallest absolute Gasteiger partial charge is 0.307 e. The van der Waals surface area contributed by atoms with Crippen molar-refractivity contribution in [3.05, 3.63) is 11.7 Å². The Hall–Kier alpha value is -1.43. The van der Waals surface area contributed by atoms with Gasteiger partial charge in [0.1, 0.15) is 6.10 Å². The summed E-state index contributed by atoms with van der Waals surface area (Å²) in [5, 5.41) is 13.4. The van der Waals surface area contributed by atoms with Crippen LogP contribution in [-0.4, -0.2) is 27.8 Å². The maximum atomic E-state index is 11.4. The van der Waals surface area contributed by atoms with Gasteiger partial charge in [0, 0.05) is 6.61 Å². The quantitative estimate of drug-likeness (QED) is 0.831. The van der Waals surface area contributed by atoms with Crippen molar-refractivity contribution in [3.8, 4) is 0 Å². The van der Waals surface area contributed by atoms with Crippen LogP contribution in [0.25, 0.3) is 0 Å². The molecular weight excluding hydrogens is 272 g/mol. The lowest BCUT2D eigenvalue weighted by Gasteiger charge is -2.11. The molecule has 6 nitrogen and oxygen atoms in total. The number of carbonyl (C=O) groups is 1. The standard InChI is InChI=1S/C15H24N2O4/c1-4-9-7-10(11(8-9)15(18)19)14-16-13(17-21-14)12(5-2)20-6-3/h9-12H,4-8H2,1-3H3,(H,18,19). The van der Waals surface area contributed by atoms with Gasteiger partial charge in [0.15, 0.2) is 0 Å². The largest absolute Gasteiger partial charge is 0.481 e. The second kappa shape index (κ2) is 7.02. The van der Waals surface area contributed by atoms with Crippen molar-refractivity contribution >= 4 is 5.97 Å². The summed E-state index contributed by atoms with van der Waals surface area (Å²) in [6.45, 7) is 6.60. The number of hydrogen-bond acceptors (Lipinski definition) is 5. The molecule has 1 N–H and O–H groups in total. The molecule has 1 aliphatic rings. The van der Waals surface area contributed by atoms with E-state index in [1.165, 1.54) is 0 Å². The molecule has 1 saturated carbocycles. The molecule has 4 unspecified atom stereocenters. The predicted octanol–water partition coefficient (Wildman–Crippen LogP) is 3.16. The Kier molecular flexibility index (Phi) is 5.33. The average molecular weight is 296 g/mol. The van der Waals surface area contributed by atoms with Crippen LogP contribution in [-0.2, 0) is 9.53 Å². The molecule has 1 heterocycles. The minimum Gasteiger partial charge on any atom is -0.481 e. The van der Waals surface area contributed by atoms with Crippen LogP contribution in [0, 0.1) is 11.8 Å². The minimum absolute atomic E-state index is 0.173. The van der Waals surface area contributed by atoms with Gasteiger partial charge in [-0.3, -0.25) is 4.79 Å². The fraction of sp³-hybridized carbons (Fsp3) is 0.800. The van der Waals surface area contributed by atoms with Gasteiger partial charge >= 0.3 is 5.97 Å². The molecule has 21 heavy (non-hydrogen) atoms. The number of rotatable bonds is 7. The summed E-state index contributed by atoms with van der Waals surface area (Å²) in [4.78, 5) is 15.8. The molecule has 1 fully saturated rings. The molecule has 0 radical (unpaired) electrons. The van der Waals surface area contributed by atoms with Gasteiger partial charge < -0.3 is 14.4 Å². The Balaban J connectivity index is 2.17. The zero-order chi connectivity index (χ0) is 15.4. The van der Waals surface area contributed by atoms with E-state index < -0.39 is 11.9 Å². The van der Waals surface area contributed by atoms with Crippen LogP contribution in [0.4, 0.5) is 0 Å². The number of carboxylic acids is 1. The van der Waals surface area contributed by atoms with Gasteiger partial charge in [0.05, 0.1) is 11.8 Å². The van der Waals surface area contributed by atoms with E-state index in [0.29, 0.717) is 30.7 Å². The van der Waals surface area contributed by atoms with E-state index in [1.54, 1.807) is 0 Å². The number of ether oxygens (including phenoxy) is 1. The van der Waals surface area contributed by atoms with Gasteiger partial charge in [-0.25, -0.2) is 0 Å². The fourth-order valence-electron chi connectivity index (χ4n) is 3.13. The molecule has 1 aromatic heterocycles. The Morgan fingerprint density at radius 2 is 2.19 bits per heavy atom. The maximum absolute atomic E-state index is 11.4. The maximum Gasteiger partial charge on any atom is 0.307 e. The molecule has 0 amide bonds. The highest BCUT2D eigenvalue weighted by atomic mass is 16.5. The van der Waals surface area contributed by atoms with Crippen molar-refractivity contribution < 1.29 is 19.2 Å². The van der Waals surface area contributed by atoms with Crippen LogP contribution in [0.15, 0.2) is 4.52 Å². The predicted molar refractivity (Wildman–Crippen MR) is 75.8 cm³/mol. The molecule has 0 aromatic carbocycles. The molecule has 118 valence electrons. The van der Waals surface area contributed by atoms with Gasteiger partial charge in [-0.2, -0.15) is 4.98 Å². The van der Waals surface area contributed by atoms with Crippen molar-refractivity contribution in [1.82, 2.24) is 10.1 Å². The van der Waals surface area contributed by atoms with Crippen molar-refractivity contribution in [2.75, 3.05) is 6.61 Å². The second-order valence-electron chi connectivity index (χ2n) is 5.64. The van der Waals surface area contributed by atoms with Crippen LogP contribution in [0.1, 0.15) is 70.2 Å². The Morgan fingerprint density at radius 1 is 1.43 bits per heavy atom. The number of aliphatic carboxylic acids is 1. The normalized spacial score (nSPS) is 26.9. The van der Waals surface area contributed by atoms with Gasteiger partial charge in [-0.05, 0) is 32.1 Å². The third-order valence-corrected chi connectivity index (χ3v) is 4.36. The topological polar surface area (TPSA) is 85.5 Å². The van der Waals surface area contributed by atoms with E-state index in [-0.39, 0.29) is 12.0 Å². The summed E-state index contributed by atoms with van der Waals surface area (Å²) in [6, 6.07) is 0. The number of hydrogen-bond donors (Lipinski definition) is 1. The van der Waals surface area contributed by atoms with Crippen LogP contribution >= 0.6 is 0 Å². The third kappa shape index (κ3) is 3.43. The summed E-state index contributed by atoms with van der Waals surface area (Å²) >= 11 is 0. The first-order chi connectivity index (χ1) is 10.1. The Labute approximate surface area is 124 Å². The van der Waals surface area contributed by atoms with Gasteiger partial charge in [-0.1, -0.05) is 25.4 Å². The van der Waals surface area contributed by atoms with Gasteiger partial charge in [0.2, 0.25) is 11.7 Å². The zero-order valence-electron chi connectivity index (χ0n) is 12.9. The van der Waals surface area contributed by atoms with Crippen molar-refractivity contribution in [3.63, 3.8) is 0 Å². The lowest BCUT2D eigenvalue weighted by Crippen LogP contribution is -2.17. The number of carboxylic acid groups (broad SMARTS) is 1. The Bertz CT molecular complexity index is 474. The van der Waals surface area contributed by atoms with E-state index >= 15 is 0 Å². The third-order valence-electron chi connectivity index (χ3n) is 4.36. The SMILES string of the molecule is CCOC(CC)c1noc(C2CC(CC)CC2C(=O)O)n1. The molecule has 2 rings (SSSR count). The summed E-state index contributed by atoms with van der Waals surface area (Å²) in [5.41, 5.74) is 0. The number of aromatic nitrogens is 2. The highest BCUT2D eigenvalue weighted by molar-refractivity contribution is 5.71. The summed E-state index contributed by atoms with van der Waals surface area (Å²) in [7, 11) is 0. The van der Waals surface area contributed by atoms with E-state index in [9.17, 15) is 9.90 Å². The molecule has 1 aliphatic carbocycles. The molecule has 1 aromatic rings. The fourth-order valence-corrected chi connectivity index (χ4v) is 3.13. The van der Waals surface area contributed by atoms with Crippen LogP contribution in [0.5, 0.6) is 0 Å². The van der Waals surface area contributed by atoms with Crippen LogP contribution in [0.2, 0.25) is 0 Å². The first-order valence-corrected chi connectivity index (χ1v) is 7.78. The highest BCUT2D eigenvalue weighted by Gasteiger charge is 2.42. The van der Waals surface area contributed by atoms with E-state index in [0.717, 1.165) is 19.3 Å². The molecule has 0 aliphatic heterocycles.